The Morgan fingerprint density at radius 2 is 2.00 bits per heavy atom. The van der Waals surface area contributed by atoms with Crippen molar-refractivity contribution in [3.8, 4) is 10.4 Å². The van der Waals surface area contributed by atoms with Gasteiger partial charge in [-0.1, -0.05) is 18.2 Å². The highest BCUT2D eigenvalue weighted by Gasteiger charge is 2.46. The summed E-state index contributed by atoms with van der Waals surface area (Å²) in [6.07, 6.45) is 2.29. The van der Waals surface area contributed by atoms with Gasteiger partial charge in [0.2, 0.25) is 0 Å². The van der Waals surface area contributed by atoms with Gasteiger partial charge in [-0.15, -0.1) is 11.3 Å². The zero-order chi connectivity index (χ0) is 17.4. The molecule has 1 saturated carbocycles. The minimum Gasteiger partial charge on any atom is -0.444 e. The second kappa shape index (κ2) is 6.06. The topological polar surface area (TPSA) is 55.4 Å². The van der Waals surface area contributed by atoms with Crippen molar-refractivity contribution in [2.45, 2.75) is 44.8 Å². The first-order valence-electron chi connectivity index (χ1n) is 7.98. The summed E-state index contributed by atoms with van der Waals surface area (Å²) < 4.78 is 5.38. The number of thiophene rings is 1. The number of hydrogen-bond donors (Lipinski definition) is 1. The van der Waals surface area contributed by atoms with Crippen LogP contribution in [0.2, 0.25) is 0 Å². The predicted octanol–water partition coefficient (Wildman–Crippen LogP) is 4.74. The van der Waals surface area contributed by atoms with E-state index < -0.39 is 5.60 Å². The summed E-state index contributed by atoms with van der Waals surface area (Å²) in [5, 5.41) is 3.02. The molecule has 1 amide bonds. The highest BCUT2D eigenvalue weighted by molar-refractivity contribution is 7.17. The summed E-state index contributed by atoms with van der Waals surface area (Å²) in [6.45, 7) is 5.57. The molecule has 1 aromatic heterocycles. The fourth-order valence-corrected chi connectivity index (χ4v) is 3.47. The highest BCUT2D eigenvalue weighted by atomic mass is 32.1. The Bertz CT molecular complexity index is 769. The van der Waals surface area contributed by atoms with Gasteiger partial charge >= 0.3 is 6.09 Å². The largest absolute Gasteiger partial charge is 0.444 e. The van der Waals surface area contributed by atoms with Gasteiger partial charge in [-0.2, -0.15) is 0 Å². The first kappa shape index (κ1) is 16.7. The maximum Gasteiger partial charge on any atom is 0.408 e. The van der Waals surface area contributed by atoms with E-state index in [9.17, 15) is 9.59 Å². The third kappa shape index (κ3) is 3.67. The van der Waals surface area contributed by atoms with E-state index in [2.05, 4.69) is 11.4 Å². The van der Waals surface area contributed by atoms with Crippen LogP contribution in [0, 0.1) is 0 Å². The van der Waals surface area contributed by atoms with Gasteiger partial charge in [0.05, 0.1) is 10.4 Å². The Balaban J connectivity index is 1.80. The molecule has 4 nitrogen and oxygen atoms in total. The molecule has 0 saturated heterocycles. The van der Waals surface area contributed by atoms with Crippen LogP contribution in [0.5, 0.6) is 0 Å². The lowest BCUT2D eigenvalue weighted by atomic mass is 10.0. The SMILES string of the molecule is CC(C)(C)OC(=O)NC1(c2cccc(-c3ccc(C=O)s3)c2)CC1. The fraction of sp³-hybridized carbons (Fsp3) is 0.368. The fourth-order valence-electron chi connectivity index (χ4n) is 2.65. The maximum atomic E-state index is 12.1. The lowest BCUT2D eigenvalue weighted by molar-refractivity contribution is 0.0495. The van der Waals surface area contributed by atoms with E-state index in [0.29, 0.717) is 4.88 Å². The van der Waals surface area contributed by atoms with Crippen LogP contribution >= 0.6 is 11.3 Å². The van der Waals surface area contributed by atoms with Crippen LogP contribution in [0.3, 0.4) is 0 Å². The van der Waals surface area contributed by atoms with Crippen LogP contribution in [0.1, 0.15) is 48.8 Å². The van der Waals surface area contributed by atoms with Crippen molar-refractivity contribution in [3.05, 3.63) is 46.8 Å². The van der Waals surface area contributed by atoms with Crippen molar-refractivity contribution in [1.82, 2.24) is 5.32 Å². The van der Waals surface area contributed by atoms with Crippen LogP contribution in [0.4, 0.5) is 4.79 Å². The molecule has 1 fully saturated rings. The minimum atomic E-state index is -0.510. The first-order valence-corrected chi connectivity index (χ1v) is 8.80. The van der Waals surface area contributed by atoms with E-state index in [1.807, 2.05) is 51.1 Å². The molecule has 2 aromatic rings. The number of amides is 1. The molecule has 1 aliphatic carbocycles. The van der Waals surface area contributed by atoms with Gasteiger partial charge in [-0.05, 0) is 62.9 Å². The molecule has 24 heavy (non-hydrogen) atoms. The quantitative estimate of drug-likeness (QED) is 0.816. The molecule has 0 bridgehead atoms. The van der Waals surface area contributed by atoms with Crippen LogP contribution < -0.4 is 5.32 Å². The number of aldehydes is 1. The van der Waals surface area contributed by atoms with E-state index in [-0.39, 0.29) is 11.6 Å². The zero-order valence-electron chi connectivity index (χ0n) is 14.1. The van der Waals surface area contributed by atoms with Gasteiger partial charge in [-0.3, -0.25) is 4.79 Å². The maximum absolute atomic E-state index is 12.1. The van der Waals surface area contributed by atoms with Gasteiger partial charge in [0.1, 0.15) is 5.60 Å². The van der Waals surface area contributed by atoms with Crippen LogP contribution in [-0.4, -0.2) is 18.0 Å². The Morgan fingerprint density at radius 1 is 1.25 bits per heavy atom. The number of benzene rings is 1. The molecule has 1 aliphatic rings. The Kier molecular flexibility index (Phi) is 4.22. The van der Waals surface area contributed by atoms with E-state index >= 15 is 0 Å². The van der Waals surface area contributed by atoms with Crippen molar-refractivity contribution < 1.29 is 14.3 Å². The van der Waals surface area contributed by atoms with Crippen LogP contribution in [-0.2, 0) is 10.3 Å². The number of carbonyl (C=O) groups is 2. The van der Waals surface area contributed by atoms with Crippen molar-refractivity contribution in [2.24, 2.45) is 0 Å². The monoisotopic (exact) mass is 343 g/mol. The van der Waals surface area contributed by atoms with Gasteiger partial charge in [0.25, 0.3) is 0 Å². The predicted molar refractivity (Wildman–Crippen MR) is 95.4 cm³/mol. The molecular weight excluding hydrogens is 322 g/mol. The molecule has 1 aromatic carbocycles. The second-order valence-electron chi connectivity index (χ2n) is 7.11. The Hall–Kier alpha value is -2.14. The van der Waals surface area contributed by atoms with Crippen molar-refractivity contribution in [1.29, 1.82) is 0 Å². The average molecular weight is 343 g/mol. The highest BCUT2D eigenvalue weighted by Crippen LogP contribution is 2.46. The summed E-state index contributed by atoms with van der Waals surface area (Å²) >= 11 is 1.47. The summed E-state index contributed by atoms with van der Waals surface area (Å²) in [5.41, 5.74) is 1.29. The molecule has 0 aliphatic heterocycles. The van der Waals surface area contributed by atoms with Gasteiger partial charge < -0.3 is 10.1 Å². The number of rotatable bonds is 4. The molecular formula is C19H21NO3S. The Morgan fingerprint density at radius 3 is 2.58 bits per heavy atom. The first-order chi connectivity index (χ1) is 11.3. The third-order valence-corrected chi connectivity index (χ3v) is 4.99. The summed E-state index contributed by atoms with van der Waals surface area (Å²) in [5.74, 6) is 0. The van der Waals surface area contributed by atoms with E-state index in [0.717, 1.165) is 35.1 Å². The minimum absolute atomic E-state index is 0.330. The Labute approximate surface area is 145 Å². The van der Waals surface area contributed by atoms with Gasteiger partial charge in [0, 0.05) is 4.88 Å². The number of ether oxygens (including phenoxy) is 1. The molecule has 126 valence electrons. The normalized spacial score (nSPS) is 15.6. The molecule has 0 unspecified atom stereocenters. The standard InChI is InChI=1S/C19H21NO3S/c1-18(2,3)23-17(22)20-19(9-10-19)14-6-4-5-13(11-14)16-8-7-15(12-21)24-16/h4-8,11-12H,9-10H2,1-3H3,(H,20,22). The van der Waals surface area contributed by atoms with Crippen molar-refractivity contribution >= 4 is 23.7 Å². The smallest absolute Gasteiger partial charge is 0.408 e. The second-order valence-corrected chi connectivity index (χ2v) is 8.23. The molecule has 5 heteroatoms. The lowest BCUT2D eigenvalue weighted by Gasteiger charge is -2.24. The summed E-state index contributed by atoms with van der Waals surface area (Å²) in [4.78, 5) is 24.7. The number of alkyl carbamates (subject to hydrolysis) is 1. The molecule has 0 radical (unpaired) electrons. The van der Waals surface area contributed by atoms with Crippen LogP contribution in [0.25, 0.3) is 10.4 Å². The van der Waals surface area contributed by atoms with Gasteiger partial charge in [-0.25, -0.2) is 4.79 Å². The number of nitrogens with one attached hydrogen (secondary N) is 1. The molecule has 1 heterocycles. The molecule has 1 N–H and O–H groups in total. The third-order valence-electron chi connectivity index (χ3n) is 3.93. The van der Waals surface area contributed by atoms with E-state index in [1.54, 1.807) is 0 Å². The van der Waals surface area contributed by atoms with E-state index in [4.69, 9.17) is 4.74 Å². The number of carbonyl (C=O) groups excluding carboxylic acids is 2. The van der Waals surface area contributed by atoms with Crippen molar-refractivity contribution in [3.63, 3.8) is 0 Å². The van der Waals surface area contributed by atoms with E-state index in [1.165, 1.54) is 11.3 Å². The lowest BCUT2D eigenvalue weighted by Crippen LogP contribution is -2.39. The molecule has 0 atom stereocenters. The van der Waals surface area contributed by atoms with Gasteiger partial charge in [0.15, 0.2) is 6.29 Å². The number of hydrogen-bond acceptors (Lipinski definition) is 4. The zero-order valence-corrected chi connectivity index (χ0v) is 14.9. The molecule has 3 rings (SSSR count). The summed E-state index contributed by atoms with van der Waals surface area (Å²) in [7, 11) is 0. The molecule has 0 spiro atoms. The summed E-state index contributed by atoms with van der Waals surface area (Å²) in [6, 6.07) is 11.9. The van der Waals surface area contributed by atoms with Crippen LogP contribution in [0.15, 0.2) is 36.4 Å². The van der Waals surface area contributed by atoms with Crippen molar-refractivity contribution in [2.75, 3.05) is 0 Å². The average Bonchev–Trinajstić information content (AvgIpc) is 3.12.